The van der Waals surface area contributed by atoms with Gasteiger partial charge < -0.3 is 0 Å². The third-order valence-corrected chi connectivity index (χ3v) is 15.0. The largest absolute Gasteiger partial charge is 0.0905 e. The Bertz CT molecular complexity index is 4430. The number of hydrogen-bond acceptors (Lipinski definition) is 0. The Balaban J connectivity index is 0.732. The fourth-order valence-corrected chi connectivity index (χ4v) is 10.9. The standard InChI is InChI=1S/C73H50/c1-48(23-24-51-27-34-57-38-41-65(46-71(57)49(51)2)69-21-9-13-55-11-3-5-19-67(55)69)50-25-28-52(29-26-50)60-15-7-17-62(43-60)63-18-8-16-61(44-63)53-30-32-54(33-31-53)64-40-37-58-35-36-59-39-42-66(47-73(59)72(58)45-64)70-22-10-14-56-12-4-6-20-68(56)70/h3-47H,2H2,1H3/b48-23+,51-24-. The molecule has 0 atom stereocenters. The average molecular weight is 927 g/mol. The second-order valence-electron chi connectivity index (χ2n) is 19.4. The molecule has 0 radical (unpaired) electrons. The van der Waals surface area contributed by atoms with E-state index in [0.29, 0.717) is 0 Å². The molecule has 0 nitrogen and oxygen atoms in total. The van der Waals surface area contributed by atoms with E-state index >= 15 is 0 Å². The Hall–Kier alpha value is -9.36. The van der Waals surface area contributed by atoms with Gasteiger partial charge in [0, 0.05) is 0 Å². The maximum Gasteiger partial charge on any atom is -0.00990 e. The molecule has 0 aliphatic rings. The van der Waals surface area contributed by atoms with Crippen molar-refractivity contribution in [1.29, 1.82) is 0 Å². The second-order valence-corrected chi connectivity index (χ2v) is 19.4. The van der Waals surface area contributed by atoms with E-state index in [9.17, 15) is 0 Å². The first-order valence-electron chi connectivity index (χ1n) is 25.2. The first-order chi connectivity index (χ1) is 36.0. The van der Waals surface area contributed by atoms with Crippen molar-refractivity contribution in [2.75, 3.05) is 0 Å². The van der Waals surface area contributed by atoms with Gasteiger partial charge in [0.15, 0.2) is 0 Å². The lowest BCUT2D eigenvalue weighted by Crippen LogP contribution is -2.23. The molecule has 73 heavy (non-hydrogen) atoms. The average Bonchev–Trinajstić information content (AvgIpc) is 3.46. The normalized spacial score (nSPS) is 12.1. The Morgan fingerprint density at radius 2 is 0.644 bits per heavy atom. The van der Waals surface area contributed by atoms with Crippen LogP contribution in [-0.2, 0) is 0 Å². The predicted molar refractivity (Wildman–Crippen MR) is 316 cm³/mol. The summed E-state index contributed by atoms with van der Waals surface area (Å²) in [6.45, 7) is 6.76. The van der Waals surface area contributed by atoms with Gasteiger partial charge in [-0.2, -0.15) is 0 Å². The minimum Gasteiger partial charge on any atom is -0.0905 e. The molecule has 0 N–H and O–H groups in total. The van der Waals surface area contributed by atoms with Crippen LogP contribution in [0, 0.1) is 0 Å². The Morgan fingerprint density at radius 3 is 1.19 bits per heavy atom. The van der Waals surface area contributed by atoms with Crippen LogP contribution in [0.25, 0.3) is 139 Å². The maximum absolute atomic E-state index is 4.57. The molecule has 0 fully saturated rings. The molecule has 342 valence electrons. The summed E-state index contributed by atoms with van der Waals surface area (Å²) < 4.78 is 0. The van der Waals surface area contributed by atoms with Gasteiger partial charge >= 0.3 is 0 Å². The monoisotopic (exact) mass is 926 g/mol. The van der Waals surface area contributed by atoms with Gasteiger partial charge in [-0.15, -0.1) is 0 Å². The van der Waals surface area contributed by atoms with Gasteiger partial charge in [0.25, 0.3) is 0 Å². The molecule has 0 heteroatoms. The first kappa shape index (κ1) is 43.6. The van der Waals surface area contributed by atoms with Crippen molar-refractivity contribution in [3.63, 3.8) is 0 Å². The van der Waals surface area contributed by atoms with Gasteiger partial charge in [-0.05, 0) is 179 Å². The molecule has 0 unspecified atom stereocenters. The number of benzene rings is 13. The van der Waals surface area contributed by atoms with Crippen molar-refractivity contribution < 1.29 is 0 Å². The van der Waals surface area contributed by atoms with Crippen molar-refractivity contribution in [2.24, 2.45) is 0 Å². The van der Waals surface area contributed by atoms with Gasteiger partial charge in [-0.1, -0.05) is 249 Å². The number of hydrogen-bond donors (Lipinski definition) is 0. The number of fused-ring (bicyclic) bond motifs is 6. The lowest BCUT2D eigenvalue weighted by molar-refractivity contribution is 1.54. The van der Waals surface area contributed by atoms with E-state index in [4.69, 9.17) is 0 Å². The molecule has 0 spiro atoms. The van der Waals surface area contributed by atoms with Crippen LogP contribution in [0.1, 0.15) is 12.5 Å². The summed E-state index contributed by atoms with van der Waals surface area (Å²) >= 11 is 0. The summed E-state index contributed by atoms with van der Waals surface area (Å²) in [6, 6.07) is 95.6. The van der Waals surface area contributed by atoms with Gasteiger partial charge in [0.2, 0.25) is 0 Å². The van der Waals surface area contributed by atoms with Crippen LogP contribution in [0.4, 0.5) is 0 Å². The third-order valence-electron chi connectivity index (χ3n) is 15.0. The maximum atomic E-state index is 4.57. The van der Waals surface area contributed by atoms with Crippen LogP contribution in [0.5, 0.6) is 0 Å². The quantitative estimate of drug-likeness (QED) is 0.133. The summed E-state index contributed by atoms with van der Waals surface area (Å²) in [5, 5.41) is 14.6. The summed E-state index contributed by atoms with van der Waals surface area (Å²) in [5.74, 6) is 0. The van der Waals surface area contributed by atoms with E-state index in [1.807, 2.05) is 0 Å². The minimum absolute atomic E-state index is 1.04. The Kier molecular flexibility index (Phi) is 11.0. The highest BCUT2D eigenvalue weighted by Gasteiger charge is 2.11. The topological polar surface area (TPSA) is 0 Å². The zero-order chi connectivity index (χ0) is 48.8. The molecule has 0 saturated heterocycles. The highest BCUT2D eigenvalue weighted by Crippen LogP contribution is 2.37. The predicted octanol–water partition coefficient (Wildman–Crippen LogP) is 18.7. The molecule has 0 aliphatic heterocycles. The van der Waals surface area contributed by atoms with E-state index in [1.54, 1.807) is 0 Å². The zero-order valence-electron chi connectivity index (χ0n) is 40.7. The zero-order valence-corrected chi connectivity index (χ0v) is 40.7. The van der Waals surface area contributed by atoms with Gasteiger partial charge in [0.05, 0.1) is 0 Å². The van der Waals surface area contributed by atoms with Crippen molar-refractivity contribution in [3.8, 4) is 66.8 Å². The molecule has 0 aromatic heterocycles. The number of rotatable bonds is 8. The molecule has 0 aliphatic carbocycles. The number of allylic oxidation sites excluding steroid dienone is 2. The van der Waals surface area contributed by atoms with Crippen LogP contribution < -0.4 is 10.4 Å². The van der Waals surface area contributed by atoms with Crippen molar-refractivity contribution >= 4 is 72.1 Å². The highest BCUT2D eigenvalue weighted by atomic mass is 14.2. The SMILES string of the molecule is C=c1/c(=C\C=C(/C)c2ccc(-c3cccc(-c4cccc(-c5ccc(-c6ccc7ccc8ccc(-c9cccc%10ccccc9%10)cc8c7c6)cc5)c4)c3)cc2)ccc2ccc(-c3cccc4ccccc34)cc12. The lowest BCUT2D eigenvalue weighted by Gasteiger charge is -2.12. The van der Waals surface area contributed by atoms with E-state index in [1.165, 1.54) is 132 Å². The molecule has 13 aromatic carbocycles. The fraction of sp³-hybridized carbons (Fsp3) is 0.0137. The van der Waals surface area contributed by atoms with Crippen molar-refractivity contribution in [1.82, 2.24) is 0 Å². The molecule has 13 rings (SSSR count). The molecule has 0 heterocycles. The van der Waals surface area contributed by atoms with Gasteiger partial charge in [-0.25, -0.2) is 0 Å². The molecule has 0 saturated carbocycles. The Morgan fingerprint density at radius 1 is 0.288 bits per heavy atom. The molecular weight excluding hydrogens is 877 g/mol. The Labute approximate surface area is 426 Å². The van der Waals surface area contributed by atoms with Crippen LogP contribution in [0.15, 0.2) is 267 Å². The van der Waals surface area contributed by atoms with Crippen LogP contribution >= 0.6 is 0 Å². The second kappa shape index (κ2) is 18.4. The van der Waals surface area contributed by atoms with E-state index < -0.39 is 0 Å². The summed E-state index contributed by atoms with van der Waals surface area (Å²) in [7, 11) is 0. The molecule has 0 amide bonds. The first-order valence-corrected chi connectivity index (χ1v) is 25.2. The van der Waals surface area contributed by atoms with E-state index in [0.717, 1.165) is 10.4 Å². The highest BCUT2D eigenvalue weighted by molar-refractivity contribution is 6.11. The fourth-order valence-electron chi connectivity index (χ4n) is 10.9. The van der Waals surface area contributed by atoms with Crippen molar-refractivity contribution in [2.45, 2.75) is 6.92 Å². The van der Waals surface area contributed by atoms with Gasteiger partial charge in [-0.3, -0.25) is 0 Å². The lowest BCUT2D eigenvalue weighted by atomic mass is 9.92. The summed E-state index contributed by atoms with van der Waals surface area (Å²) in [6.07, 6.45) is 4.42. The van der Waals surface area contributed by atoms with E-state index in [2.05, 4.69) is 287 Å². The minimum atomic E-state index is 1.04. The summed E-state index contributed by atoms with van der Waals surface area (Å²) in [4.78, 5) is 0. The van der Waals surface area contributed by atoms with Crippen LogP contribution in [0.3, 0.4) is 0 Å². The third kappa shape index (κ3) is 8.29. The van der Waals surface area contributed by atoms with Gasteiger partial charge in [0.1, 0.15) is 0 Å². The van der Waals surface area contributed by atoms with Crippen molar-refractivity contribution in [3.05, 3.63) is 283 Å². The molecular formula is C73H50. The molecule has 0 bridgehead atoms. The smallest absolute Gasteiger partial charge is 0.00990 e. The van der Waals surface area contributed by atoms with Crippen LogP contribution in [-0.4, -0.2) is 0 Å². The van der Waals surface area contributed by atoms with Crippen LogP contribution in [0.2, 0.25) is 0 Å². The molecule has 13 aromatic rings. The van der Waals surface area contributed by atoms with E-state index in [-0.39, 0.29) is 0 Å². The summed E-state index contributed by atoms with van der Waals surface area (Å²) in [5.41, 5.74) is 16.9.